The summed E-state index contributed by atoms with van der Waals surface area (Å²) in [6.07, 6.45) is 0.732. The number of carbonyl (C=O) groups excluding carboxylic acids is 4. The molecule has 2 rings (SSSR count). The number of benzene rings is 1. The highest BCUT2D eigenvalue weighted by Gasteiger charge is 2.37. The Morgan fingerprint density at radius 1 is 1.21 bits per heavy atom. The van der Waals surface area contributed by atoms with Crippen LogP contribution in [0.4, 0.5) is 0 Å². The molecule has 1 fully saturated rings. The lowest BCUT2D eigenvalue weighted by Gasteiger charge is -2.39. The second-order valence-corrected chi connectivity index (χ2v) is 8.85. The molecule has 3 atom stereocenters. The summed E-state index contributed by atoms with van der Waals surface area (Å²) >= 11 is 0.933. The van der Waals surface area contributed by atoms with E-state index in [1.807, 2.05) is 6.07 Å². The molecule has 34 heavy (non-hydrogen) atoms. The molecule has 0 aliphatic carbocycles. The van der Waals surface area contributed by atoms with Gasteiger partial charge < -0.3 is 31.1 Å². The Kier molecular flexibility index (Phi) is 10.8. The van der Waals surface area contributed by atoms with Crippen LogP contribution in [-0.4, -0.2) is 89.5 Å². The number of carbonyl (C=O) groups is 5. The fourth-order valence-corrected chi connectivity index (χ4v) is 4.31. The van der Waals surface area contributed by atoms with Crippen molar-refractivity contribution in [3.8, 4) is 0 Å². The van der Waals surface area contributed by atoms with Crippen molar-refractivity contribution in [2.75, 3.05) is 31.8 Å². The first kappa shape index (κ1) is 27.1. The summed E-state index contributed by atoms with van der Waals surface area (Å²) in [5.41, 5.74) is 6.32. The molecule has 186 valence electrons. The third-order valence-corrected chi connectivity index (χ3v) is 6.16. The van der Waals surface area contributed by atoms with Crippen molar-refractivity contribution >= 4 is 41.4 Å². The molecular formula is C22H30N4O7S. The van der Waals surface area contributed by atoms with Gasteiger partial charge in [-0.25, -0.2) is 0 Å². The van der Waals surface area contributed by atoms with Crippen LogP contribution in [0.5, 0.6) is 0 Å². The van der Waals surface area contributed by atoms with E-state index in [2.05, 4.69) is 10.6 Å². The zero-order valence-electron chi connectivity index (χ0n) is 18.9. The molecule has 0 bridgehead atoms. The molecule has 1 aliphatic rings. The van der Waals surface area contributed by atoms with Gasteiger partial charge in [-0.3, -0.25) is 24.0 Å². The molecule has 0 aromatic heterocycles. The number of nitrogens with two attached hydrogens (primary N) is 1. The van der Waals surface area contributed by atoms with Crippen LogP contribution < -0.4 is 16.4 Å². The summed E-state index contributed by atoms with van der Waals surface area (Å²) in [5, 5.41) is 14.2. The third-order valence-electron chi connectivity index (χ3n) is 5.26. The molecule has 1 aromatic rings. The molecule has 0 spiro atoms. The van der Waals surface area contributed by atoms with Gasteiger partial charge in [0.05, 0.1) is 11.5 Å². The first-order chi connectivity index (χ1) is 16.2. The molecule has 0 saturated carbocycles. The SMILES string of the molecule is COCC(=O)N[C@@H]1CCN(C(=O)CSCC(=O)O)[C@H](C(=O)N[C@H](Cc2ccccc2)C(N)=O)C1. The molecule has 5 N–H and O–H groups in total. The number of primary amides is 1. The number of hydrogen-bond acceptors (Lipinski definition) is 7. The van der Waals surface area contributed by atoms with E-state index in [1.165, 1.54) is 12.0 Å². The number of nitrogens with zero attached hydrogens (tertiary/aromatic N) is 1. The van der Waals surface area contributed by atoms with Gasteiger partial charge in [-0.05, 0) is 18.4 Å². The molecular weight excluding hydrogens is 464 g/mol. The number of piperidine rings is 1. The highest BCUT2D eigenvalue weighted by atomic mass is 32.2. The molecule has 12 heteroatoms. The van der Waals surface area contributed by atoms with Gasteiger partial charge in [0.15, 0.2) is 0 Å². The fourth-order valence-electron chi connectivity index (χ4n) is 3.69. The van der Waals surface area contributed by atoms with Crippen molar-refractivity contribution in [2.24, 2.45) is 5.73 Å². The molecule has 1 aromatic carbocycles. The van der Waals surface area contributed by atoms with Gasteiger partial charge in [0, 0.05) is 26.1 Å². The lowest BCUT2D eigenvalue weighted by atomic mass is 9.95. The van der Waals surface area contributed by atoms with Gasteiger partial charge in [0.25, 0.3) is 0 Å². The lowest BCUT2D eigenvalue weighted by Crippen LogP contribution is -2.60. The van der Waals surface area contributed by atoms with Crippen molar-refractivity contribution in [3.63, 3.8) is 0 Å². The van der Waals surface area contributed by atoms with Crippen molar-refractivity contribution in [2.45, 2.75) is 37.4 Å². The van der Waals surface area contributed by atoms with E-state index in [1.54, 1.807) is 24.3 Å². The minimum Gasteiger partial charge on any atom is -0.481 e. The second kappa shape index (κ2) is 13.6. The zero-order valence-corrected chi connectivity index (χ0v) is 19.7. The van der Waals surface area contributed by atoms with E-state index in [4.69, 9.17) is 15.6 Å². The normalized spacial score (nSPS) is 18.6. The number of ether oxygens (including phenoxy) is 1. The standard InChI is InChI=1S/C22H30N4O7S/c1-33-11-18(27)24-15-7-8-26(19(28)12-34-13-20(29)30)17(10-15)22(32)25-16(21(23)31)9-14-5-3-2-4-6-14/h2-6,15-17H,7-13H2,1H3,(H2,23,31)(H,24,27)(H,25,32)(H,29,30)/t15-,16-,17+/m1/s1. The van der Waals surface area contributed by atoms with Crippen LogP contribution in [0.15, 0.2) is 30.3 Å². The summed E-state index contributed by atoms with van der Waals surface area (Å²) in [4.78, 5) is 62.1. The van der Waals surface area contributed by atoms with E-state index in [0.29, 0.717) is 6.42 Å². The Morgan fingerprint density at radius 3 is 2.53 bits per heavy atom. The van der Waals surface area contributed by atoms with E-state index in [-0.39, 0.29) is 49.4 Å². The van der Waals surface area contributed by atoms with Crippen LogP contribution in [0.3, 0.4) is 0 Å². The Morgan fingerprint density at radius 2 is 1.91 bits per heavy atom. The number of nitrogens with one attached hydrogen (secondary N) is 2. The Hall–Kier alpha value is -3.12. The summed E-state index contributed by atoms with van der Waals surface area (Å²) in [5.74, 6) is -3.42. The number of carboxylic acids is 1. The molecule has 1 aliphatic heterocycles. The van der Waals surface area contributed by atoms with Crippen LogP contribution in [0.25, 0.3) is 0 Å². The van der Waals surface area contributed by atoms with Crippen molar-refractivity contribution in [1.82, 2.24) is 15.5 Å². The van der Waals surface area contributed by atoms with Gasteiger partial charge in [0.2, 0.25) is 23.6 Å². The maximum absolute atomic E-state index is 13.2. The highest BCUT2D eigenvalue weighted by molar-refractivity contribution is 8.00. The molecule has 4 amide bonds. The quantitative estimate of drug-likeness (QED) is 0.291. The number of amides is 4. The zero-order chi connectivity index (χ0) is 25.1. The van der Waals surface area contributed by atoms with Crippen LogP contribution in [0.2, 0.25) is 0 Å². The molecule has 1 heterocycles. The van der Waals surface area contributed by atoms with Gasteiger partial charge in [-0.1, -0.05) is 30.3 Å². The predicted octanol–water partition coefficient (Wildman–Crippen LogP) is -0.861. The van der Waals surface area contributed by atoms with Crippen molar-refractivity contribution in [1.29, 1.82) is 0 Å². The number of aliphatic carboxylic acids is 1. The van der Waals surface area contributed by atoms with Crippen molar-refractivity contribution < 1.29 is 33.8 Å². The topological polar surface area (TPSA) is 168 Å². The number of methoxy groups -OCH3 is 1. The molecule has 0 unspecified atom stereocenters. The van der Waals surface area contributed by atoms with Crippen LogP contribution >= 0.6 is 11.8 Å². The molecule has 0 radical (unpaired) electrons. The van der Waals surface area contributed by atoms with Crippen LogP contribution in [-0.2, 0) is 35.1 Å². The Labute approximate surface area is 201 Å². The Bertz CT molecular complexity index is 883. The first-order valence-electron chi connectivity index (χ1n) is 10.7. The van der Waals surface area contributed by atoms with E-state index in [0.717, 1.165) is 17.3 Å². The van der Waals surface area contributed by atoms with Crippen LogP contribution in [0, 0.1) is 0 Å². The number of carboxylic acid groups (broad SMARTS) is 1. The van der Waals surface area contributed by atoms with E-state index in [9.17, 15) is 24.0 Å². The number of likely N-dealkylation sites (tertiary alicyclic amines) is 1. The van der Waals surface area contributed by atoms with E-state index < -0.39 is 35.8 Å². The maximum Gasteiger partial charge on any atom is 0.313 e. The average molecular weight is 495 g/mol. The first-order valence-corrected chi connectivity index (χ1v) is 11.9. The minimum absolute atomic E-state index is 0.111. The summed E-state index contributed by atoms with van der Waals surface area (Å²) < 4.78 is 4.82. The number of thioether (sulfide) groups is 1. The largest absolute Gasteiger partial charge is 0.481 e. The van der Waals surface area contributed by atoms with Gasteiger partial charge >= 0.3 is 5.97 Å². The average Bonchev–Trinajstić information content (AvgIpc) is 2.79. The fraction of sp³-hybridized carbons (Fsp3) is 0.500. The third kappa shape index (κ3) is 8.67. The molecule has 11 nitrogen and oxygen atoms in total. The molecule has 1 saturated heterocycles. The lowest BCUT2D eigenvalue weighted by molar-refractivity contribution is -0.142. The maximum atomic E-state index is 13.2. The summed E-state index contributed by atoms with van der Waals surface area (Å²) in [6, 6.07) is 6.72. The summed E-state index contributed by atoms with van der Waals surface area (Å²) in [6.45, 7) is 0.0467. The van der Waals surface area contributed by atoms with E-state index >= 15 is 0 Å². The van der Waals surface area contributed by atoms with Gasteiger partial charge in [-0.15, -0.1) is 11.8 Å². The van der Waals surface area contributed by atoms with Gasteiger partial charge in [-0.2, -0.15) is 0 Å². The number of hydrogen-bond donors (Lipinski definition) is 4. The highest BCUT2D eigenvalue weighted by Crippen LogP contribution is 2.20. The van der Waals surface area contributed by atoms with Crippen LogP contribution in [0.1, 0.15) is 18.4 Å². The van der Waals surface area contributed by atoms with Crippen molar-refractivity contribution in [3.05, 3.63) is 35.9 Å². The second-order valence-electron chi connectivity index (χ2n) is 7.86. The number of rotatable bonds is 12. The van der Waals surface area contributed by atoms with Gasteiger partial charge in [0.1, 0.15) is 18.7 Å². The Balaban J connectivity index is 2.14. The minimum atomic E-state index is -1.04. The summed E-state index contributed by atoms with van der Waals surface area (Å²) in [7, 11) is 1.39. The monoisotopic (exact) mass is 494 g/mol. The predicted molar refractivity (Wildman–Crippen MR) is 125 cm³/mol. The smallest absolute Gasteiger partial charge is 0.313 e.